The summed E-state index contributed by atoms with van der Waals surface area (Å²) in [6, 6.07) is 8.57. The molecule has 1 heterocycles. The molecule has 1 aromatic carbocycles. The van der Waals surface area contributed by atoms with Crippen LogP contribution < -0.4 is 0 Å². The minimum absolute atomic E-state index is 1.08. The van der Waals surface area contributed by atoms with Crippen LogP contribution in [0.15, 0.2) is 30.5 Å². The fraction of sp³-hybridized carbons (Fsp3) is 0.308. The van der Waals surface area contributed by atoms with Gasteiger partial charge in [-0.2, -0.15) is 0 Å². The molecule has 1 radical (unpaired) electrons. The van der Waals surface area contributed by atoms with Gasteiger partial charge in [0.15, 0.2) is 0 Å². The summed E-state index contributed by atoms with van der Waals surface area (Å²) in [7, 11) is 2.11. The van der Waals surface area contributed by atoms with Crippen LogP contribution in [-0.4, -0.2) is 4.57 Å². The molecule has 0 atom stereocenters. The van der Waals surface area contributed by atoms with Gasteiger partial charge in [-0.05, 0) is 24.0 Å². The lowest BCUT2D eigenvalue weighted by Gasteiger charge is -2.01. The van der Waals surface area contributed by atoms with Crippen molar-refractivity contribution in [2.75, 3.05) is 0 Å². The van der Waals surface area contributed by atoms with Crippen LogP contribution in [0.2, 0.25) is 0 Å². The van der Waals surface area contributed by atoms with Crippen LogP contribution in [0.4, 0.5) is 0 Å². The molecule has 0 unspecified atom stereocenters. The van der Waals surface area contributed by atoms with E-state index in [1.165, 1.54) is 22.4 Å². The quantitative estimate of drug-likeness (QED) is 0.678. The smallest absolute Gasteiger partial charge is 0.0480 e. The summed E-state index contributed by atoms with van der Waals surface area (Å²) < 4.78 is 2.20. The Morgan fingerprint density at radius 1 is 1.21 bits per heavy atom. The average Bonchev–Trinajstić information content (AvgIpc) is 2.44. The molecule has 2 rings (SSSR count). The topological polar surface area (TPSA) is 4.93 Å². The van der Waals surface area contributed by atoms with Crippen LogP contribution in [0.3, 0.4) is 0 Å². The van der Waals surface area contributed by atoms with Crippen LogP contribution >= 0.6 is 0 Å². The lowest BCUT2D eigenvalue weighted by Crippen LogP contribution is -1.90. The van der Waals surface area contributed by atoms with Gasteiger partial charge in [-0.15, -0.1) is 0 Å². The monoisotopic (exact) mass is 186 g/mol. The lowest BCUT2D eigenvalue weighted by atomic mass is 10.0. The first-order valence-corrected chi connectivity index (χ1v) is 5.00. The predicted octanol–water partition coefficient (Wildman–Crippen LogP) is 3.34. The van der Waals surface area contributed by atoms with Crippen LogP contribution in [0.5, 0.6) is 0 Å². The van der Waals surface area contributed by atoms with Crippen molar-refractivity contribution in [2.24, 2.45) is 7.05 Å². The number of hydrogen-bond acceptors (Lipinski definition) is 0. The summed E-state index contributed by atoms with van der Waals surface area (Å²) >= 11 is 0. The zero-order valence-electron chi connectivity index (χ0n) is 9.04. The van der Waals surface area contributed by atoms with E-state index in [9.17, 15) is 0 Å². The molecule has 0 aliphatic rings. The molecule has 14 heavy (non-hydrogen) atoms. The molecular weight excluding hydrogens is 170 g/mol. The normalized spacial score (nSPS) is 11.4. The Morgan fingerprint density at radius 2 is 1.93 bits per heavy atom. The highest BCUT2D eigenvalue weighted by Crippen LogP contribution is 2.22. The third kappa shape index (κ3) is 1.54. The lowest BCUT2D eigenvalue weighted by molar-refractivity contribution is 0.925. The van der Waals surface area contributed by atoms with Gasteiger partial charge in [0.2, 0.25) is 0 Å². The summed E-state index contributed by atoms with van der Waals surface area (Å²) in [4.78, 5) is 0. The van der Waals surface area contributed by atoms with Crippen LogP contribution in [0.1, 0.15) is 19.4 Å². The Balaban J connectivity index is 2.55. The van der Waals surface area contributed by atoms with E-state index in [1.807, 2.05) is 0 Å². The number of para-hydroxylation sites is 1. The number of nitrogens with zero attached hydrogens (tertiary/aromatic N) is 1. The first kappa shape index (κ1) is 9.32. The molecule has 0 aliphatic heterocycles. The zero-order valence-corrected chi connectivity index (χ0v) is 9.04. The number of benzene rings is 1. The minimum Gasteiger partial charge on any atom is -0.350 e. The Labute approximate surface area is 85.4 Å². The van der Waals surface area contributed by atoms with E-state index in [2.05, 4.69) is 55.9 Å². The highest BCUT2D eigenvalue weighted by atomic mass is 14.9. The Bertz CT molecular complexity index is 437. The van der Waals surface area contributed by atoms with E-state index in [1.54, 1.807) is 0 Å². The SMILES string of the molecule is C[C](C)Cc1cn(C)c2ccccc12. The van der Waals surface area contributed by atoms with E-state index < -0.39 is 0 Å². The molecule has 0 aliphatic carbocycles. The van der Waals surface area contributed by atoms with Gasteiger partial charge in [0.1, 0.15) is 0 Å². The first-order chi connectivity index (χ1) is 6.68. The van der Waals surface area contributed by atoms with E-state index in [-0.39, 0.29) is 0 Å². The zero-order chi connectivity index (χ0) is 10.1. The van der Waals surface area contributed by atoms with E-state index in [0.717, 1.165) is 6.42 Å². The first-order valence-electron chi connectivity index (χ1n) is 5.00. The fourth-order valence-electron chi connectivity index (χ4n) is 1.95. The maximum absolute atomic E-state index is 2.23. The number of aromatic nitrogens is 1. The van der Waals surface area contributed by atoms with Crippen LogP contribution in [0.25, 0.3) is 10.9 Å². The second kappa shape index (κ2) is 3.49. The summed E-state index contributed by atoms with van der Waals surface area (Å²) in [6.07, 6.45) is 3.32. The van der Waals surface area contributed by atoms with Gasteiger partial charge in [-0.1, -0.05) is 32.0 Å². The highest BCUT2D eigenvalue weighted by molar-refractivity contribution is 5.84. The van der Waals surface area contributed by atoms with Gasteiger partial charge in [-0.25, -0.2) is 0 Å². The minimum atomic E-state index is 1.08. The second-order valence-corrected chi connectivity index (χ2v) is 4.17. The van der Waals surface area contributed by atoms with Crippen LogP contribution in [-0.2, 0) is 13.5 Å². The fourth-order valence-corrected chi connectivity index (χ4v) is 1.95. The molecule has 1 aromatic heterocycles. The van der Waals surface area contributed by atoms with Gasteiger partial charge < -0.3 is 4.57 Å². The number of fused-ring (bicyclic) bond motifs is 1. The largest absolute Gasteiger partial charge is 0.350 e. The maximum atomic E-state index is 2.23. The molecule has 0 saturated carbocycles. The van der Waals surface area contributed by atoms with Gasteiger partial charge in [0, 0.05) is 24.1 Å². The van der Waals surface area contributed by atoms with Gasteiger partial charge in [0.25, 0.3) is 0 Å². The molecule has 0 N–H and O–H groups in total. The molecule has 0 fully saturated rings. The van der Waals surface area contributed by atoms with Crippen molar-refractivity contribution >= 4 is 10.9 Å². The Morgan fingerprint density at radius 3 is 2.64 bits per heavy atom. The molecule has 0 bridgehead atoms. The molecule has 0 amide bonds. The van der Waals surface area contributed by atoms with Crippen LogP contribution in [0, 0.1) is 5.92 Å². The summed E-state index contributed by atoms with van der Waals surface area (Å²) in [6.45, 7) is 4.36. The van der Waals surface area contributed by atoms with Crippen molar-refractivity contribution in [3.05, 3.63) is 41.9 Å². The summed E-state index contributed by atoms with van der Waals surface area (Å²) in [5.74, 6) is 1.46. The van der Waals surface area contributed by atoms with Crippen molar-refractivity contribution in [1.82, 2.24) is 4.57 Å². The van der Waals surface area contributed by atoms with Crippen molar-refractivity contribution in [3.63, 3.8) is 0 Å². The molecule has 1 nitrogen and oxygen atoms in total. The predicted molar refractivity (Wildman–Crippen MR) is 61.2 cm³/mol. The van der Waals surface area contributed by atoms with Crippen molar-refractivity contribution < 1.29 is 0 Å². The molecular formula is C13H16N. The second-order valence-electron chi connectivity index (χ2n) is 4.17. The van der Waals surface area contributed by atoms with Crippen molar-refractivity contribution in [3.8, 4) is 0 Å². The molecule has 0 spiro atoms. The third-order valence-corrected chi connectivity index (χ3v) is 2.52. The van der Waals surface area contributed by atoms with E-state index in [4.69, 9.17) is 0 Å². The Kier molecular flexibility index (Phi) is 2.32. The third-order valence-electron chi connectivity index (χ3n) is 2.52. The molecule has 73 valence electrons. The summed E-state index contributed by atoms with van der Waals surface area (Å²) in [5.41, 5.74) is 2.76. The van der Waals surface area contributed by atoms with E-state index >= 15 is 0 Å². The molecule has 0 saturated heterocycles. The molecule has 2 aromatic rings. The molecule has 1 heteroatoms. The van der Waals surface area contributed by atoms with Crippen molar-refractivity contribution in [1.29, 1.82) is 0 Å². The van der Waals surface area contributed by atoms with Crippen molar-refractivity contribution in [2.45, 2.75) is 20.3 Å². The summed E-state index contributed by atoms with van der Waals surface area (Å²) in [5, 5.41) is 1.39. The number of hydrogen-bond donors (Lipinski definition) is 0. The van der Waals surface area contributed by atoms with Gasteiger partial charge >= 0.3 is 0 Å². The average molecular weight is 186 g/mol. The van der Waals surface area contributed by atoms with E-state index in [0.29, 0.717) is 0 Å². The van der Waals surface area contributed by atoms with Gasteiger partial charge in [-0.3, -0.25) is 0 Å². The number of aryl methyl sites for hydroxylation is 1. The maximum Gasteiger partial charge on any atom is 0.0480 e. The highest BCUT2D eigenvalue weighted by Gasteiger charge is 2.06. The van der Waals surface area contributed by atoms with Gasteiger partial charge in [0.05, 0.1) is 0 Å². The standard InChI is InChI=1S/C13H16N/c1-10(2)8-11-9-14(3)13-7-5-4-6-12(11)13/h4-7,9H,8H2,1-3H3. The Hall–Kier alpha value is -1.24. The number of rotatable bonds is 2.